The van der Waals surface area contributed by atoms with Gasteiger partial charge in [-0.15, -0.1) is 0 Å². The van der Waals surface area contributed by atoms with Crippen LogP contribution >= 0.6 is 0 Å². The van der Waals surface area contributed by atoms with Gasteiger partial charge < -0.3 is 4.90 Å². The van der Waals surface area contributed by atoms with Gasteiger partial charge in [0.05, 0.1) is 22.8 Å². The molecule has 0 N–H and O–H groups in total. The second kappa shape index (κ2) is 7.51. The zero-order chi connectivity index (χ0) is 21.2. The lowest BCUT2D eigenvalue weighted by atomic mass is 10.1. The quantitative estimate of drug-likeness (QED) is 0.435. The first-order valence-corrected chi connectivity index (χ1v) is 8.24. The normalized spacial score (nSPS) is 11.8. The summed E-state index contributed by atoms with van der Waals surface area (Å²) >= 11 is 0. The van der Waals surface area contributed by atoms with Crippen LogP contribution in [0.3, 0.4) is 0 Å². The summed E-state index contributed by atoms with van der Waals surface area (Å²) in [7, 11) is 0. The molecule has 0 saturated carbocycles. The van der Waals surface area contributed by atoms with E-state index in [4.69, 9.17) is 5.26 Å². The summed E-state index contributed by atoms with van der Waals surface area (Å²) in [5.41, 5.74) is -0.191. The molecule has 0 aromatic heterocycles. The average molecular weight is 406 g/mol. The largest absolute Gasteiger partial charge is 0.416 e. The van der Waals surface area contributed by atoms with Crippen LogP contribution in [0.4, 0.5) is 43.4 Å². The van der Waals surface area contributed by atoms with E-state index < -0.39 is 23.5 Å². The van der Waals surface area contributed by atoms with Crippen LogP contribution in [0.1, 0.15) is 16.7 Å². The monoisotopic (exact) mass is 406 g/mol. The van der Waals surface area contributed by atoms with Crippen molar-refractivity contribution in [1.82, 2.24) is 0 Å². The third kappa shape index (κ3) is 4.51. The van der Waals surface area contributed by atoms with Crippen molar-refractivity contribution in [1.29, 1.82) is 5.26 Å². The standard InChI is InChI=1S/C21H12F6N2/c22-20(23,24)15-3-9-18(10-4-15)29(17-7-1-14(13-28)2-8-17)19-11-5-16(6-12-19)21(25,26)27/h1-12H. The third-order valence-corrected chi connectivity index (χ3v) is 4.16. The molecule has 2 nitrogen and oxygen atoms in total. The van der Waals surface area contributed by atoms with Gasteiger partial charge in [-0.3, -0.25) is 0 Å². The van der Waals surface area contributed by atoms with Crippen molar-refractivity contribution in [3.63, 3.8) is 0 Å². The molecule has 29 heavy (non-hydrogen) atoms. The third-order valence-electron chi connectivity index (χ3n) is 4.16. The molecule has 0 spiro atoms. The van der Waals surface area contributed by atoms with E-state index in [1.807, 2.05) is 6.07 Å². The highest BCUT2D eigenvalue weighted by molar-refractivity contribution is 5.77. The molecule has 0 radical (unpaired) electrons. The molecule has 0 unspecified atom stereocenters. The van der Waals surface area contributed by atoms with Gasteiger partial charge in [-0.2, -0.15) is 31.6 Å². The lowest BCUT2D eigenvalue weighted by Crippen LogP contribution is -2.12. The summed E-state index contributed by atoms with van der Waals surface area (Å²) in [5.74, 6) is 0. The van der Waals surface area contributed by atoms with E-state index in [9.17, 15) is 26.3 Å². The molecule has 0 bridgehead atoms. The van der Waals surface area contributed by atoms with Crippen molar-refractivity contribution >= 4 is 17.1 Å². The van der Waals surface area contributed by atoms with Crippen LogP contribution < -0.4 is 4.90 Å². The fourth-order valence-corrected chi connectivity index (χ4v) is 2.73. The minimum absolute atomic E-state index is 0.322. The van der Waals surface area contributed by atoms with Crippen molar-refractivity contribution in [2.24, 2.45) is 0 Å². The molecule has 3 aromatic rings. The second-order valence-corrected chi connectivity index (χ2v) is 6.08. The smallest absolute Gasteiger partial charge is 0.311 e. The van der Waals surface area contributed by atoms with Crippen molar-refractivity contribution < 1.29 is 26.3 Å². The number of hydrogen-bond donors (Lipinski definition) is 0. The van der Waals surface area contributed by atoms with Gasteiger partial charge in [0.15, 0.2) is 0 Å². The van der Waals surface area contributed by atoms with Crippen LogP contribution in [-0.2, 0) is 12.4 Å². The highest BCUT2D eigenvalue weighted by atomic mass is 19.4. The topological polar surface area (TPSA) is 27.0 Å². The minimum Gasteiger partial charge on any atom is -0.311 e. The molecular weight excluding hydrogens is 394 g/mol. The molecule has 0 aliphatic carbocycles. The summed E-state index contributed by atoms with van der Waals surface area (Å²) in [6.45, 7) is 0. The molecule has 0 fully saturated rings. The van der Waals surface area contributed by atoms with Crippen LogP contribution in [0.5, 0.6) is 0 Å². The van der Waals surface area contributed by atoms with Crippen molar-refractivity contribution in [3.8, 4) is 6.07 Å². The first-order chi connectivity index (χ1) is 13.6. The fraction of sp³-hybridized carbons (Fsp3) is 0.0952. The molecule has 0 aliphatic heterocycles. The van der Waals surface area contributed by atoms with Crippen LogP contribution in [0.15, 0.2) is 72.8 Å². The molecule has 8 heteroatoms. The molecular formula is C21H12F6N2. The first-order valence-electron chi connectivity index (χ1n) is 8.24. The SMILES string of the molecule is N#Cc1ccc(N(c2ccc(C(F)(F)F)cc2)c2ccc(C(F)(F)F)cc2)cc1. The van der Waals surface area contributed by atoms with E-state index in [2.05, 4.69) is 0 Å². The molecule has 0 aliphatic rings. The van der Waals surface area contributed by atoms with Crippen molar-refractivity contribution in [2.45, 2.75) is 12.4 Å². The van der Waals surface area contributed by atoms with E-state index in [0.29, 0.717) is 22.6 Å². The number of hydrogen-bond acceptors (Lipinski definition) is 2. The van der Waals surface area contributed by atoms with Gasteiger partial charge in [0.1, 0.15) is 0 Å². The van der Waals surface area contributed by atoms with Crippen LogP contribution in [0.25, 0.3) is 0 Å². The summed E-state index contributed by atoms with van der Waals surface area (Å²) in [5, 5.41) is 8.94. The Hall–Kier alpha value is -3.47. The maximum absolute atomic E-state index is 12.9. The van der Waals surface area contributed by atoms with Crippen molar-refractivity contribution in [3.05, 3.63) is 89.5 Å². The number of nitriles is 1. The Kier molecular flexibility index (Phi) is 5.25. The van der Waals surface area contributed by atoms with Gasteiger partial charge in [0.25, 0.3) is 0 Å². The Morgan fingerprint density at radius 1 is 0.552 bits per heavy atom. The highest BCUT2D eigenvalue weighted by Crippen LogP contribution is 2.38. The molecule has 3 rings (SSSR count). The van der Waals surface area contributed by atoms with Gasteiger partial charge >= 0.3 is 12.4 Å². The number of benzene rings is 3. The molecule has 3 aromatic carbocycles. The molecule has 148 valence electrons. The van der Waals surface area contributed by atoms with Gasteiger partial charge in [-0.1, -0.05) is 0 Å². The number of halogens is 6. The maximum Gasteiger partial charge on any atom is 0.416 e. The molecule has 0 atom stereocenters. The van der Waals surface area contributed by atoms with E-state index >= 15 is 0 Å². The average Bonchev–Trinajstić information content (AvgIpc) is 2.68. The summed E-state index contributed by atoms with van der Waals surface area (Å²) < 4.78 is 77.1. The van der Waals surface area contributed by atoms with Crippen molar-refractivity contribution in [2.75, 3.05) is 4.90 Å². The zero-order valence-electron chi connectivity index (χ0n) is 14.6. The van der Waals surface area contributed by atoms with Gasteiger partial charge in [0, 0.05) is 17.1 Å². The summed E-state index contributed by atoms with van der Waals surface area (Å²) in [4.78, 5) is 1.50. The lowest BCUT2D eigenvalue weighted by Gasteiger charge is -2.26. The number of nitrogens with zero attached hydrogens (tertiary/aromatic N) is 2. The van der Waals surface area contributed by atoms with Crippen LogP contribution in [0, 0.1) is 11.3 Å². The Bertz CT molecular complexity index is 954. The molecule has 0 saturated heterocycles. The minimum atomic E-state index is -4.51. The van der Waals surface area contributed by atoms with E-state index in [1.54, 1.807) is 12.1 Å². The van der Waals surface area contributed by atoms with Gasteiger partial charge in [0.2, 0.25) is 0 Å². The highest BCUT2D eigenvalue weighted by Gasteiger charge is 2.31. The number of anilines is 3. The predicted octanol–water partition coefficient (Wildman–Crippen LogP) is 7.07. The number of alkyl halides is 6. The Labute approximate surface area is 162 Å². The number of rotatable bonds is 3. The van der Waals surface area contributed by atoms with Crippen LogP contribution in [0.2, 0.25) is 0 Å². The second-order valence-electron chi connectivity index (χ2n) is 6.08. The van der Waals surface area contributed by atoms with Gasteiger partial charge in [-0.25, -0.2) is 0 Å². The summed E-state index contributed by atoms with van der Waals surface area (Å²) in [6, 6.07) is 16.6. The molecule has 0 heterocycles. The molecule has 0 amide bonds. The lowest BCUT2D eigenvalue weighted by molar-refractivity contribution is -0.138. The first kappa shape index (κ1) is 20.3. The Balaban J connectivity index is 2.08. The zero-order valence-corrected chi connectivity index (χ0v) is 14.6. The van der Waals surface area contributed by atoms with E-state index in [0.717, 1.165) is 24.3 Å². The Morgan fingerprint density at radius 3 is 1.14 bits per heavy atom. The van der Waals surface area contributed by atoms with Crippen LogP contribution in [-0.4, -0.2) is 0 Å². The maximum atomic E-state index is 12.9. The van der Waals surface area contributed by atoms with E-state index in [-0.39, 0.29) is 0 Å². The predicted molar refractivity (Wildman–Crippen MR) is 95.8 cm³/mol. The fourth-order valence-electron chi connectivity index (χ4n) is 2.73. The van der Waals surface area contributed by atoms with Gasteiger partial charge in [-0.05, 0) is 72.8 Å². The Morgan fingerprint density at radius 2 is 0.862 bits per heavy atom. The van der Waals surface area contributed by atoms with E-state index in [1.165, 1.54) is 41.3 Å². The summed E-state index contributed by atoms with van der Waals surface area (Å²) in [6.07, 6.45) is -9.02.